The number of cyclic esters (lactones) is 1. The molecular weight excluding hydrogens is 416 g/mol. The van der Waals surface area contributed by atoms with Crippen LogP contribution in [0.5, 0.6) is 0 Å². The Labute approximate surface area is 185 Å². The van der Waals surface area contributed by atoms with E-state index in [1.165, 1.54) is 5.56 Å². The summed E-state index contributed by atoms with van der Waals surface area (Å²) in [5.41, 5.74) is 3.48. The van der Waals surface area contributed by atoms with Crippen LogP contribution >= 0.6 is 0 Å². The van der Waals surface area contributed by atoms with Gasteiger partial charge in [-0.15, -0.1) is 0 Å². The van der Waals surface area contributed by atoms with Gasteiger partial charge in [-0.3, -0.25) is 9.69 Å². The fourth-order valence-electron chi connectivity index (χ4n) is 4.25. The van der Waals surface area contributed by atoms with Crippen LogP contribution in [-0.2, 0) is 29.0 Å². The number of fused-ring (bicyclic) bond motifs is 1. The molecule has 8 heteroatoms. The van der Waals surface area contributed by atoms with E-state index in [-0.39, 0.29) is 29.4 Å². The maximum absolute atomic E-state index is 14.1. The monoisotopic (exact) mass is 439 g/mol. The van der Waals surface area contributed by atoms with Crippen LogP contribution in [0.25, 0.3) is 0 Å². The summed E-state index contributed by atoms with van der Waals surface area (Å²) in [6.45, 7) is 5.60. The summed E-state index contributed by atoms with van der Waals surface area (Å²) in [5.74, 6) is -2.09. The minimum absolute atomic E-state index is 0.0384. The third kappa shape index (κ3) is 4.34. The van der Waals surface area contributed by atoms with Crippen molar-refractivity contribution in [1.82, 2.24) is 9.80 Å². The molecular formula is C24H23F2N3O3. The zero-order valence-corrected chi connectivity index (χ0v) is 17.8. The average Bonchev–Trinajstić information content (AvgIpc) is 3.17. The summed E-state index contributed by atoms with van der Waals surface area (Å²) >= 11 is 0. The van der Waals surface area contributed by atoms with Crippen molar-refractivity contribution in [3.05, 3.63) is 69.3 Å². The second kappa shape index (κ2) is 9.05. The minimum Gasteiger partial charge on any atom is -0.457 e. The van der Waals surface area contributed by atoms with E-state index in [1.54, 1.807) is 11.0 Å². The number of piperazine rings is 1. The van der Waals surface area contributed by atoms with E-state index in [9.17, 15) is 18.4 Å². The van der Waals surface area contributed by atoms with Gasteiger partial charge in [0.1, 0.15) is 24.3 Å². The van der Waals surface area contributed by atoms with Crippen LogP contribution in [0, 0.1) is 29.9 Å². The number of rotatable bonds is 5. The molecule has 2 aromatic carbocycles. The van der Waals surface area contributed by atoms with Crippen molar-refractivity contribution in [3.63, 3.8) is 0 Å². The van der Waals surface area contributed by atoms with Gasteiger partial charge in [0.15, 0.2) is 0 Å². The highest BCUT2D eigenvalue weighted by atomic mass is 19.1. The summed E-state index contributed by atoms with van der Waals surface area (Å²) < 4.78 is 33.0. The predicted molar refractivity (Wildman–Crippen MR) is 112 cm³/mol. The maximum atomic E-state index is 14.1. The number of carbonyl (C=O) groups is 2. The van der Waals surface area contributed by atoms with Crippen molar-refractivity contribution in [2.75, 3.05) is 32.7 Å². The number of benzene rings is 2. The zero-order valence-electron chi connectivity index (χ0n) is 17.8. The molecule has 0 spiro atoms. The summed E-state index contributed by atoms with van der Waals surface area (Å²) in [6, 6.07) is 7.16. The molecule has 0 atom stereocenters. The topological polar surface area (TPSA) is 73.6 Å². The van der Waals surface area contributed by atoms with Crippen molar-refractivity contribution in [3.8, 4) is 6.07 Å². The first-order chi connectivity index (χ1) is 15.4. The lowest BCUT2D eigenvalue weighted by Gasteiger charge is -2.35. The third-order valence-electron chi connectivity index (χ3n) is 6.30. The average molecular weight is 439 g/mol. The number of nitrogens with zero attached hydrogens (tertiary/aromatic N) is 3. The third-order valence-corrected chi connectivity index (χ3v) is 6.30. The second-order valence-electron chi connectivity index (χ2n) is 8.14. The van der Waals surface area contributed by atoms with Gasteiger partial charge < -0.3 is 9.64 Å². The Morgan fingerprint density at radius 1 is 1.12 bits per heavy atom. The van der Waals surface area contributed by atoms with E-state index in [2.05, 4.69) is 4.90 Å². The molecule has 166 valence electrons. The quantitative estimate of drug-likeness (QED) is 0.670. The molecule has 2 aliphatic rings. The number of carbonyl (C=O) groups excluding carboxylic acids is 2. The normalized spacial score (nSPS) is 15.9. The lowest BCUT2D eigenvalue weighted by atomic mass is 9.96. The van der Waals surface area contributed by atoms with Crippen molar-refractivity contribution in [1.29, 1.82) is 5.26 Å². The van der Waals surface area contributed by atoms with Gasteiger partial charge in [0.2, 0.25) is 5.91 Å². The summed E-state index contributed by atoms with van der Waals surface area (Å²) in [5, 5.41) is 8.77. The first kappa shape index (κ1) is 21.9. The Kier molecular flexibility index (Phi) is 6.19. The van der Waals surface area contributed by atoms with Crippen molar-refractivity contribution >= 4 is 11.9 Å². The molecule has 0 saturated carbocycles. The van der Waals surface area contributed by atoms with Crippen molar-refractivity contribution < 1.29 is 23.1 Å². The van der Waals surface area contributed by atoms with Gasteiger partial charge >= 0.3 is 5.97 Å². The Hall–Kier alpha value is -3.31. The van der Waals surface area contributed by atoms with Gasteiger partial charge in [0.05, 0.1) is 17.5 Å². The Bertz CT molecular complexity index is 1120. The molecule has 0 radical (unpaired) electrons. The van der Waals surface area contributed by atoms with Crippen LogP contribution in [-0.4, -0.2) is 54.4 Å². The SMILES string of the molecule is Cc1c(CCN2CCN(C(=O)Cc3cc(F)c(C#N)cc3F)CC2)ccc2c1COC2=O. The van der Waals surface area contributed by atoms with E-state index in [0.29, 0.717) is 38.3 Å². The largest absolute Gasteiger partial charge is 0.457 e. The Morgan fingerprint density at radius 2 is 1.88 bits per heavy atom. The van der Waals surface area contributed by atoms with Crippen LogP contribution in [0.2, 0.25) is 0 Å². The number of amides is 1. The van der Waals surface area contributed by atoms with Gasteiger partial charge in [-0.25, -0.2) is 13.6 Å². The Balaban J connectivity index is 1.29. The van der Waals surface area contributed by atoms with Crippen molar-refractivity contribution in [2.45, 2.75) is 26.4 Å². The van der Waals surface area contributed by atoms with E-state index < -0.39 is 11.6 Å². The smallest absolute Gasteiger partial charge is 0.338 e. The van der Waals surface area contributed by atoms with E-state index in [0.717, 1.165) is 36.2 Å². The van der Waals surface area contributed by atoms with Gasteiger partial charge in [-0.1, -0.05) is 6.07 Å². The van der Waals surface area contributed by atoms with Gasteiger partial charge in [-0.05, 0) is 42.7 Å². The molecule has 1 amide bonds. The first-order valence-electron chi connectivity index (χ1n) is 10.5. The fourth-order valence-corrected chi connectivity index (χ4v) is 4.25. The summed E-state index contributed by atoms with van der Waals surface area (Å²) in [7, 11) is 0. The lowest BCUT2D eigenvalue weighted by molar-refractivity contribution is -0.132. The highest BCUT2D eigenvalue weighted by molar-refractivity contribution is 5.93. The van der Waals surface area contributed by atoms with Crippen LogP contribution in [0.15, 0.2) is 24.3 Å². The Morgan fingerprint density at radius 3 is 2.59 bits per heavy atom. The van der Waals surface area contributed by atoms with Gasteiger partial charge in [0, 0.05) is 43.9 Å². The molecule has 2 aliphatic heterocycles. The standard InChI is InChI=1S/C24H23F2N3O3/c1-15-16(2-3-19-20(15)14-32-24(19)31)4-5-28-6-8-29(9-7-28)23(30)12-17-10-22(26)18(13-27)11-21(17)25/h2-3,10-11H,4-9,12,14H2,1H3. The molecule has 32 heavy (non-hydrogen) atoms. The summed E-state index contributed by atoms with van der Waals surface area (Å²) in [4.78, 5) is 28.2. The molecule has 2 aromatic rings. The molecule has 1 saturated heterocycles. The molecule has 2 heterocycles. The van der Waals surface area contributed by atoms with E-state index in [1.807, 2.05) is 19.1 Å². The number of esters is 1. The molecule has 0 bridgehead atoms. The first-order valence-corrected chi connectivity index (χ1v) is 10.5. The van der Waals surface area contributed by atoms with Gasteiger partial charge in [0.25, 0.3) is 0 Å². The maximum Gasteiger partial charge on any atom is 0.338 e. The molecule has 6 nitrogen and oxygen atoms in total. The molecule has 0 N–H and O–H groups in total. The molecule has 1 fully saturated rings. The predicted octanol–water partition coefficient (Wildman–Crippen LogP) is 2.74. The van der Waals surface area contributed by atoms with Crippen LogP contribution in [0.4, 0.5) is 8.78 Å². The molecule has 0 aliphatic carbocycles. The number of hydrogen-bond donors (Lipinski definition) is 0. The van der Waals surface area contributed by atoms with Crippen LogP contribution in [0.1, 0.15) is 38.2 Å². The molecule has 0 unspecified atom stereocenters. The second-order valence-corrected chi connectivity index (χ2v) is 8.14. The van der Waals surface area contributed by atoms with Crippen LogP contribution < -0.4 is 0 Å². The zero-order chi connectivity index (χ0) is 22.8. The highest BCUT2D eigenvalue weighted by Gasteiger charge is 2.25. The van der Waals surface area contributed by atoms with Crippen LogP contribution in [0.3, 0.4) is 0 Å². The van der Waals surface area contributed by atoms with Crippen molar-refractivity contribution in [2.24, 2.45) is 0 Å². The van der Waals surface area contributed by atoms with E-state index >= 15 is 0 Å². The number of halogens is 2. The van der Waals surface area contributed by atoms with Gasteiger partial charge in [-0.2, -0.15) is 5.26 Å². The fraction of sp³-hybridized carbons (Fsp3) is 0.375. The lowest BCUT2D eigenvalue weighted by Crippen LogP contribution is -2.49. The molecule has 4 rings (SSSR count). The highest BCUT2D eigenvalue weighted by Crippen LogP contribution is 2.26. The number of ether oxygens (including phenoxy) is 1. The number of hydrogen-bond acceptors (Lipinski definition) is 5. The number of nitriles is 1. The minimum atomic E-state index is -0.820. The summed E-state index contributed by atoms with van der Waals surface area (Å²) in [6.07, 6.45) is 0.598. The molecule has 0 aromatic heterocycles. The van der Waals surface area contributed by atoms with E-state index in [4.69, 9.17) is 10.00 Å².